The lowest BCUT2D eigenvalue weighted by Crippen LogP contribution is -2.24. The largest absolute Gasteiger partial charge is 0.456 e. The first-order chi connectivity index (χ1) is 16.2. The molecule has 2 aromatic carbocycles. The van der Waals surface area contributed by atoms with Gasteiger partial charge in [-0.3, -0.25) is 14.5 Å². The molecule has 4 rings (SSSR count). The summed E-state index contributed by atoms with van der Waals surface area (Å²) in [6, 6.07) is 10.6. The van der Waals surface area contributed by atoms with Crippen LogP contribution in [0.15, 0.2) is 41.8 Å². The van der Waals surface area contributed by atoms with Crippen LogP contribution in [0, 0.1) is 13.8 Å². The van der Waals surface area contributed by atoms with Crippen molar-refractivity contribution in [3.8, 4) is 0 Å². The number of aromatic nitrogens is 1. The molecule has 1 aromatic heterocycles. The third kappa shape index (κ3) is 4.98. The van der Waals surface area contributed by atoms with E-state index in [1.54, 1.807) is 40.6 Å². The van der Waals surface area contributed by atoms with E-state index < -0.39 is 5.97 Å². The summed E-state index contributed by atoms with van der Waals surface area (Å²) >= 11 is 7.73. The van der Waals surface area contributed by atoms with Crippen molar-refractivity contribution < 1.29 is 19.1 Å². The fraction of sp³-hybridized carbons (Fsp3) is 0.280. The van der Waals surface area contributed by atoms with Gasteiger partial charge in [0, 0.05) is 31.0 Å². The number of anilines is 3. The smallest absolute Gasteiger partial charge is 0.338 e. The van der Waals surface area contributed by atoms with Gasteiger partial charge in [0.25, 0.3) is 0 Å². The number of aryl methyl sites for hydroxylation is 2. The summed E-state index contributed by atoms with van der Waals surface area (Å²) in [4.78, 5) is 44.5. The van der Waals surface area contributed by atoms with Crippen LogP contribution in [-0.2, 0) is 20.9 Å². The zero-order valence-electron chi connectivity index (χ0n) is 19.1. The number of thiazole rings is 1. The Morgan fingerprint density at radius 3 is 2.56 bits per heavy atom. The van der Waals surface area contributed by atoms with E-state index in [2.05, 4.69) is 4.98 Å². The van der Waals surface area contributed by atoms with Gasteiger partial charge in [-0.15, -0.1) is 11.3 Å². The zero-order valence-corrected chi connectivity index (χ0v) is 20.7. The standard InChI is InChI=1S/C25H24ClN3O4S/c1-15-11-16(2)23(21(26)12-15)29(17(3)30)25-27-19(14-34-25)13-33-24(32)18-6-8-20(9-7-18)28-10-4-5-22(28)31/h6-9,11-12,14H,4-5,10,13H2,1-3H3. The molecule has 0 spiro atoms. The lowest BCUT2D eigenvalue weighted by atomic mass is 10.1. The van der Waals surface area contributed by atoms with Crippen LogP contribution in [0.4, 0.5) is 16.5 Å². The van der Waals surface area contributed by atoms with E-state index in [1.165, 1.54) is 23.2 Å². The second-order valence-corrected chi connectivity index (χ2v) is 9.40. The number of ether oxygens (including phenoxy) is 1. The van der Waals surface area contributed by atoms with Crippen molar-refractivity contribution in [1.29, 1.82) is 0 Å². The Morgan fingerprint density at radius 1 is 1.21 bits per heavy atom. The highest BCUT2D eigenvalue weighted by atomic mass is 35.5. The first-order valence-corrected chi connectivity index (χ1v) is 12.1. The van der Waals surface area contributed by atoms with E-state index in [9.17, 15) is 14.4 Å². The number of amides is 2. The van der Waals surface area contributed by atoms with Crippen LogP contribution in [0.1, 0.15) is 46.9 Å². The van der Waals surface area contributed by atoms with Crippen LogP contribution >= 0.6 is 22.9 Å². The zero-order chi connectivity index (χ0) is 24.4. The molecule has 3 aromatic rings. The highest BCUT2D eigenvalue weighted by Crippen LogP contribution is 2.37. The second-order valence-electron chi connectivity index (χ2n) is 8.16. The Morgan fingerprint density at radius 2 is 1.94 bits per heavy atom. The summed E-state index contributed by atoms with van der Waals surface area (Å²) in [6.07, 6.45) is 1.39. The highest BCUT2D eigenvalue weighted by molar-refractivity contribution is 7.14. The number of esters is 1. The number of carbonyl (C=O) groups is 3. The van der Waals surface area contributed by atoms with Crippen LogP contribution in [0.2, 0.25) is 5.02 Å². The van der Waals surface area contributed by atoms with E-state index in [4.69, 9.17) is 16.3 Å². The van der Waals surface area contributed by atoms with Crippen LogP contribution in [0.5, 0.6) is 0 Å². The minimum atomic E-state index is -0.491. The van der Waals surface area contributed by atoms with E-state index in [-0.39, 0.29) is 18.4 Å². The molecule has 2 amide bonds. The molecule has 0 bridgehead atoms. The topological polar surface area (TPSA) is 79.8 Å². The first-order valence-electron chi connectivity index (χ1n) is 10.8. The van der Waals surface area contributed by atoms with Gasteiger partial charge in [-0.1, -0.05) is 17.7 Å². The van der Waals surface area contributed by atoms with Crippen molar-refractivity contribution in [2.45, 2.75) is 40.2 Å². The van der Waals surface area contributed by atoms with Gasteiger partial charge in [0.05, 0.1) is 22.0 Å². The van der Waals surface area contributed by atoms with Gasteiger partial charge in [-0.2, -0.15) is 0 Å². The summed E-state index contributed by atoms with van der Waals surface area (Å²) in [6.45, 7) is 5.95. The molecule has 1 fully saturated rings. The van der Waals surface area contributed by atoms with Crippen molar-refractivity contribution in [2.24, 2.45) is 0 Å². The van der Waals surface area contributed by atoms with Crippen LogP contribution < -0.4 is 9.80 Å². The third-order valence-corrected chi connectivity index (χ3v) is 6.67. The molecule has 0 unspecified atom stereocenters. The number of carbonyl (C=O) groups excluding carboxylic acids is 3. The minimum Gasteiger partial charge on any atom is -0.456 e. The van der Waals surface area contributed by atoms with Gasteiger partial charge >= 0.3 is 5.97 Å². The van der Waals surface area contributed by atoms with Gasteiger partial charge in [0.15, 0.2) is 5.13 Å². The summed E-state index contributed by atoms with van der Waals surface area (Å²) in [5.41, 5.74) is 4.15. The average Bonchev–Trinajstić information content (AvgIpc) is 3.43. The second kappa shape index (κ2) is 9.95. The molecule has 9 heteroatoms. The summed E-state index contributed by atoms with van der Waals surface area (Å²) < 4.78 is 5.42. The van der Waals surface area contributed by atoms with Gasteiger partial charge in [-0.05, 0) is 61.7 Å². The van der Waals surface area contributed by atoms with Crippen LogP contribution in [-0.4, -0.2) is 29.3 Å². The number of hydrogen-bond acceptors (Lipinski definition) is 6. The number of rotatable bonds is 6. The first kappa shape index (κ1) is 23.9. The molecule has 34 heavy (non-hydrogen) atoms. The Bertz CT molecular complexity index is 1230. The number of halogens is 1. The Balaban J connectivity index is 1.45. The van der Waals surface area contributed by atoms with Crippen molar-refractivity contribution >= 4 is 57.2 Å². The highest BCUT2D eigenvalue weighted by Gasteiger charge is 2.24. The average molecular weight is 498 g/mol. The van der Waals surface area contributed by atoms with Gasteiger partial charge in [0.2, 0.25) is 11.8 Å². The molecule has 7 nitrogen and oxygen atoms in total. The summed E-state index contributed by atoms with van der Waals surface area (Å²) in [7, 11) is 0. The molecule has 1 aliphatic heterocycles. The summed E-state index contributed by atoms with van der Waals surface area (Å²) in [5.74, 6) is -0.616. The number of nitrogens with zero attached hydrogens (tertiary/aromatic N) is 3. The molecule has 1 aliphatic rings. The predicted octanol–water partition coefficient (Wildman–Crippen LogP) is 5.58. The van der Waals surface area contributed by atoms with Crippen molar-refractivity contribution in [3.05, 3.63) is 69.2 Å². The third-order valence-electron chi connectivity index (χ3n) is 5.51. The van der Waals surface area contributed by atoms with E-state index in [1.807, 2.05) is 19.9 Å². The maximum Gasteiger partial charge on any atom is 0.338 e. The maximum atomic E-state index is 12.5. The van der Waals surface area contributed by atoms with Crippen LogP contribution in [0.3, 0.4) is 0 Å². The summed E-state index contributed by atoms with van der Waals surface area (Å²) in [5, 5.41) is 2.67. The van der Waals surface area contributed by atoms with E-state index >= 15 is 0 Å². The Kier molecular flexibility index (Phi) is 7.00. The monoisotopic (exact) mass is 497 g/mol. The SMILES string of the molecule is CC(=O)N(c1nc(COC(=O)c2ccc(N3CCCC3=O)cc2)cs1)c1c(C)cc(C)cc1Cl. The van der Waals surface area contributed by atoms with Gasteiger partial charge in [-0.25, -0.2) is 9.78 Å². The Hall–Kier alpha value is -3.23. The normalized spacial score (nSPS) is 13.3. The lowest BCUT2D eigenvalue weighted by molar-refractivity contribution is -0.117. The quantitative estimate of drug-likeness (QED) is 0.415. The molecule has 1 saturated heterocycles. The van der Waals surface area contributed by atoms with Gasteiger partial charge in [0.1, 0.15) is 6.61 Å². The fourth-order valence-corrected chi connectivity index (χ4v) is 5.23. The van der Waals surface area contributed by atoms with Crippen molar-refractivity contribution in [2.75, 3.05) is 16.3 Å². The molecule has 0 N–H and O–H groups in total. The van der Waals surface area contributed by atoms with Crippen molar-refractivity contribution in [3.63, 3.8) is 0 Å². The van der Waals surface area contributed by atoms with E-state index in [0.29, 0.717) is 40.1 Å². The molecular weight excluding hydrogens is 474 g/mol. The molecule has 2 heterocycles. The van der Waals surface area contributed by atoms with Crippen LogP contribution in [0.25, 0.3) is 0 Å². The molecule has 0 radical (unpaired) electrons. The number of benzene rings is 2. The molecular formula is C25H24ClN3O4S. The van der Waals surface area contributed by atoms with Gasteiger partial charge < -0.3 is 9.64 Å². The predicted molar refractivity (Wildman–Crippen MR) is 133 cm³/mol. The minimum absolute atomic E-state index is 0.0337. The molecule has 0 saturated carbocycles. The lowest BCUT2D eigenvalue weighted by Gasteiger charge is -2.22. The Labute approximate surface area is 206 Å². The molecule has 176 valence electrons. The van der Waals surface area contributed by atoms with E-state index in [0.717, 1.165) is 23.2 Å². The molecule has 0 aliphatic carbocycles. The molecule has 0 atom stereocenters. The maximum absolute atomic E-state index is 12.5. The fourth-order valence-electron chi connectivity index (χ4n) is 3.97. The number of hydrogen-bond donors (Lipinski definition) is 0. The van der Waals surface area contributed by atoms with Crippen molar-refractivity contribution in [1.82, 2.24) is 4.98 Å².